The molecule has 0 atom stereocenters. The van der Waals surface area contributed by atoms with E-state index in [1.807, 2.05) is 19.1 Å². The molecule has 0 spiro atoms. The summed E-state index contributed by atoms with van der Waals surface area (Å²) in [7, 11) is 0. The lowest BCUT2D eigenvalue weighted by molar-refractivity contribution is 0.744. The summed E-state index contributed by atoms with van der Waals surface area (Å²) in [6.07, 6.45) is 0. The van der Waals surface area contributed by atoms with Crippen LogP contribution >= 0.6 is 12.2 Å². The number of hydrogen-bond donors (Lipinski definition) is 2. The average Bonchev–Trinajstić information content (AvgIpc) is 2.50. The molecule has 0 heterocycles. The fraction of sp³-hybridized carbons (Fsp3) is 0.235. The van der Waals surface area contributed by atoms with E-state index in [1.165, 1.54) is 11.1 Å². The predicted molar refractivity (Wildman–Crippen MR) is 89.0 cm³/mol. The molecule has 3 heteroatoms. The van der Waals surface area contributed by atoms with Crippen LogP contribution in [0, 0.1) is 0 Å². The Morgan fingerprint density at radius 3 is 1.85 bits per heavy atom. The van der Waals surface area contributed by atoms with E-state index >= 15 is 0 Å². The van der Waals surface area contributed by atoms with Gasteiger partial charge in [0.1, 0.15) is 0 Å². The molecule has 0 amide bonds. The van der Waals surface area contributed by atoms with Gasteiger partial charge < -0.3 is 10.6 Å². The molecule has 104 valence electrons. The molecule has 0 aliphatic rings. The van der Waals surface area contributed by atoms with Crippen LogP contribution < -0.4 is 10.6 Å². The van der Waals surface area contributed by atoms with Crippen LogP contribution in [0.2, 0.25) is 0 Å². The molecule has 2 N–H and O–H groups in total. The first-order chi connectivity index (χ1) is 9.81. The first kappa shape index (κ1) is 14.5. The van der Waals surface area contributed by atoms with Gasteiger partial charge in [-0.1, -0.05) is 60.7 Å². The van der Waals surface area contributed by atoms with Crippen molar-refractivity contribution in [3.63, 3.8) is 0 Å². The molecule has 0 saturated heterocycles. The highest BCUT2D eigenvalue weighted by Gasteiger charge is 2.13. The van der Waals surface area contributed by atoms with Crippen molar-refractivity contribution in [1.82, 2.24) is 10.6 Å². The van der Waals surface area contributed by atoms with Gasteiger partial charge >= 0.3 is 0 Å². The second-order valence-corrected chi connectivity index (χ2v) is 5.02. The van der Waals surface area contributed by atoms with Crippen LogP contribution in [-0.4, -0.2) is 18.2 Å². The Kier molecular flexibility index (Phi) is 5.56. The smallest absolute Gasteiger partial charge is 0.166 e. The first-order valence-corrected chi connectivity index (χ1v) is 7.33. The average molecular weight is 284 g/mol. The standard InChI is InChI=1S/C17H20N2S/c1-2-18-17(20)19-13-16(14-9-5-3-6-10-14)15-11-7-4-8-12-15/h3-12,16H,2,13H2,1H3,(H2,18,19,20). The summed E-state index contributed by atoms with van der Waals surface area (Å²) in [4.78, 5) is 0. The molecule has 2 aromatic carbocycles. The zero-order chi connectivity index (χ0) is 14.2. The molecule has 0 bridgehead atoms. The van der Waals surface area contributed by atoms with Crippen LogP contribution in [0.25, 0.3) is 0 Å². The fourth-order valence-electron chi connectivity index (χ4n) is 2.22. The minimum atomic E-state index is 0.300. The third kappa shape index (κ3) is 4.07. The molecule has 0 fully saturated rings. The summed E-state index contributed by atoms with van der Waals surface area (Å²) in [5.74, 6) is 0.300. The number of nitrogens with one attached hydrogen (secondary N) is 2. The van der Waals surface area contributed by atoms with Crippen molar-refractivity contribution in [3.05, 3.63) is 71.8 Å². The Morgan fingerprint density at radius 1 is 0.900 bits per heavy atom. The summed E-state index contributed by atoms with van der Waals surface area (Å²) in [5.41, 5.74) is 2.59. The monoisotopic (exact) mass is 284 g/mol. The second kappa shape index (κ2) is 7.65. The zero-order valence-electron chi connectivity index (χ0n) is 11.7. The molecule has 2 aromatic rings. The van der Waals surface area contributed by atoms with Crippen LogP contribution in [0.4, 0.5) is 0 Å². The van der Waals surface area contributed by atoms with Crippen molar-refractivity contribution in [2.45, 2.75) is 12.8 Å². The molecule has 0 aromatic heterocycles. The Morgan fingerprint density at radius 2 is 1.40 bits per heavy atom. The van der Waals surface area contributed by atoms with E-state index in [0.29, 0.717) is 11.0 Å². The summed E-state index contributed by atoms with van der Waals surface area (Å²) in [5, 5.41) is 7.14. The van der Waals surface area contributed by atoms with Gasteiger partial charge in [0.15, 0.2) is 5.11 Å². The molecule has 2 rings (SSSR count). The molecule has 0 aliphatic heterocycles. The number of thiocarbonyl (C=S) groups is 1. The number of rotatable bonds is 5. The lowest BCUT2D eigenvalue weighted by Gasteiger charge is -2.20. The van der Waals surface area contributed by atoms with Gasteiger partial charge in [0.25, 0.3) is 0 Å². The van der Waals surface area contributed by atoms with Crippen molar-refractivity contribution < 1.29 is 0 Å². The van der Waals surface area contributed by atoms with E-state index in [1.54, 1.807) is 0 Å². The van der Waals surface area contributed by atoms with E-state index in [0.717, 1.165) is 13.1 Å². The van der Waals surface area contributed by atoms with E-state index in [9.17, 15) is 0 Å². The van der Waals surface area contributed by atoms with Crippen molar-refractivity contribution in [2.75, 3.05) is 13.1 Å². The SMILES string of the molecule is CCNC(=S)NCC(c1ccccc1)c1ccccc1. The number of benzene rings is 2. The van der Waals surface area contributed by atoms with Gasteiger partial charge in [0, 0.05) is 19.0 Å². The summed E-state index contributed by atoms with van der Waals surface area (Å²) < 4.78 is 0. The summed E-state index contributed by atoms with van der Waals surface area (Å²) >= 11 is 5.25. The van der Waals surface area contributed by atoms with Crippen LogP contribution in [-0.2, 0) is 0 Å². The van der Waals surface area contributed by atoms with Crippen LogP contribution in [0.15, 0.2) is 60.7 Å². The highest BCUT2D eigenvalue weighted by Crippen LogP contribution is 2.23. The second-order valence-electron chi connectivity index (χ2n) is 4.61. The van der Waals surface area contributed by atoms with Gasteiger partial charge in [0.2, 0.25) is 0 Å². The third-order valence-electron chi connectivity index (χ3n) is 3.21. The molecule has 0 aliphatic carbocycles. The fourth-order valence-corrected chi connectivity index (χ4v) is 2.44. The highest BCUT2D eigenvalue weighted by atomic mass is 32.1. The van der Waals surface area contributed by atoms with E-state index < -0.39 is 0 Å². The molecule has 0 radical (unpaired) electrons. The Balaban J connectivity index is 2.15. The summed E-state index contributed by atoms with van der Waals surface area (Å²) in [6.45, 7) is 3.67. The van der Waals surface area contributed by atoms with Crippen LogP contribution in [0.5, 0.6) is 0 Å². The highest BCUT2D eigenvalue weighted by molar-refractivity contribution is 7.80. The Bertz CT molecular complexity index is 486. The molecular formula is C17H20N2S. The van der Waals surface area contributed by atoms with Crippen molar-refractivity contribution in [2.24, 2.45) is 0 Å². The van der Waals surface area contributed by atoms with Gasteiger partial charge in [-0.2, -0.15) is 0 Å². The predicted octanol–water partition coefficient (Wildman–Crippen LogP) is 3.30. The third-order valence-corrected chi connectivity index (χ3v) is 3.50. The number of hydrogen-bond acceptors (Lipinski definition) is 1. The van der Waals surface area contributed by atoms with Crippen LogP contribution in [0.1, 0.15) is 24.0 Å². The normalized spacial score (nSPS) is 10.3. The van der Waals surface area contributed by atoms with E-state index in [4.69, 9.17) is 12.2 Å². The lowest BCUT2D eigenvalue weighted by atomic mass is 9.91. The Labute approximate surface area is 126 Å². The minimum Gasteiger partial charge on any atom is -0.363 e. The van der Waals surface area contributed by atoms with Crippen molar-refractivity contribution in [1.29, 1.82) is 0 Å². The zero-order valence-corrected chi connectivity index (χ0v) is 12.5. The van der Waals surface area contributed by atoms with Gasteiger partial charge in [-0.3, -0.25) is 0 Å². The molecule has 2 nitrogen and oxygen atoms in total. The van der Waals surface area contributed by atoms with E-state index in [2.05, 4.69) is 59.2 Å². The lowest BCUT2D eigenvalue weighted by Crippen LogP contribution is -2.37. The summed E-state index contributed by atoms with van der Waals surface area (Å²) in [6, 6.07) is 21.0. The van der Waals surface area contributed by atoms with Gasteiger partial charge in [0.05, 0.1) is 0 Å². The minimum absolute atomic E-state index is 0.300. The first-order valence-electron chi connectivity index (χ1n) is 6.93. The maximum atomic E-state index is 5.25. The Hall–Kier alpha value is -1.87. The van der Waals surface area contributed by atoms with E-state index in [-0.39, 0.29) is 0 Å². The van der Waals surface area contributed by atoms with Crippen molar-refractivity contribution in [3.8, 4) is 0 Å². The van der Waals surface area contributed by atoms with Crippen molar-refractivity contribution >= 4 is 17.3 Å². The largest absolute Gasteiger partial charge is 0.363 e. The molecule has 20 heavy (non-hydrogen) atoms. The molecule has 0 unspecified atom stereocenters. The molecule has 0 saturated carbocycles. The maximum absolute atomic E-state index is 5.25. The van der Waals surface area contributed by atoms with Crippen LogP contribution in [0.3, 0.4) is 0 Å². The van der Waals surface area contributed by atoms with Gasteiger partial charge in [-0.05, 0) is 30.3 Å². The quantitative estimate of drug-likeness (QED) is 0.824. The maximum Gasteiger partial charge on any atom is 0.166 e. The molecular weight excluding hydrogens is 264 g/mol. The van der Waals surface area contributed by atoms with Gasteiger partial charge in [-0.15, -0.1) is 0 Å². The topological polar surface area (TPSA) is 24.1 Å². The van der Waals surface area contributed by atoms with Gasteiger partial charge in [-0.25, -0.2) is 0 Å².